The Balaban J connectivity index is 1.87. The first-order chi connectivity index (χ1) is 7.33. The van der Waals surface area contributed by atoms with Gasteiger partial charge in [0.25, 0.3) is 0 Å². The van der Waals surface area contributed by atoms with E-state index in [1.807, 2.05) is 6.07 Å². The highest BCUT2D eigenvalue weighted by Gasteiger charge is 2.23. The Kier molecular flexibility index (Phi) is 2.04. The average Bonchev–Trinajstić information content (AvgIpc) is 2.84. The minimum Gasteiger partial charge on any atom is -0.454 e. The first-order valence-corrected chi connectivity index (χ1v) is 5.23. The molecule has 2 N–H and O–H groups in total. The van der Waals surface area contributed by atoms with Crippen LogP contribution in [0.5, 0.6) is 11.5 Å². The summed E-state index contributed by atoms with van der Waals surface area (Å²) in [6.07, 6.45) is 1.10. The Bertz CT molecular complexity index is 381. The predicted octanol–water partition coefficient (Wildman–Crippen LogP) is 1.34. The van der Waals surface area contributed by atoms with Gasteiger partial charge in [-0.3, -0.25) is 10.9 Å². The van der Waals surface area contributed by atoms with Crippen molar-refractivity contribution in [2.24, 2.45) is 0 Å². The van der Waals surface area contributed by atoms with E-state index in [-0.39, 0.29) is 0 Å². The summed E-state index contributed by atoms with van der Waals surface area (Å²) in [7, 11) is 0. The predicted molar refractivity (Wildman–Crippen MR) is 55.7 cm³/mol. The lowest BCUT2D eigenvalue weighted by Gasteiger charge is -2.10. The third kappa shape index (κ3) is 1.56. The number of ether oxygens (including phenoxy) is 2. The van der Waals surface area contributed by atoms with Crippen LogP contribution < -0.4 is 20.3 Å². The molecule has 1 aromatic rings. The Morgan fingerprint density at radius 2 is 2.07 bits per heavy atom. The van der Waals surface area contributed by atoms with Crippen molar-refractivity contribution >= 4 is 0 Å². The van der Waals surface area contributed by atoms with E-state index in [1.165, 1.54) is 5.56 Å². The third-order valence-corrected chi connectivity index (χ3v) is 2.89. The van der Waals surface area contributed by atoms with E-state index < -0.39 is 0 Å². The quantitative estimate of drug-likeness (QED) is 0.727. The molecule has 4 heteroatoms. The SMILES string of the molecule is CC1CC(c2ccc3c(c2)OCO3)NN1. The van der Waals surface area contributed by atoms with Gasteiger partial charge in [-0.15, -0.1) is 0 Å². The second-order valence-electron chi connectivity index (χ2n) is 4.09. The van der Waals surface area contributed by atoms with E-state index in [2.05, 4.69) is 29.9 Å². The van der Waals surface area contributed by atoms with Gasteiger partial charge in [-0.1, -0.05) is 6.07 Å². The van der Waals surface area contributed by atoms with Gasteiger partial charge >= 0.3 is 0 Å². The Hall–Kier alpha value is -1.26. The van der Waals surface area contributed by atoms with Gasteiger partial charge in [0.2, 0.25) is 6.79 Å². The molecule has 2 unspecified atom stereocenters. The standard InChI is InChI=1S/C11H14N2O2/c1-7-4-9(13-12-7)8-2-3-10-11(5-8)15-6-14-10/h2-3,5,7,9,12-13H,4,6H2,1H3. The molecule has 0 aliphatic carbocycles. The molecule has 15 heavy (non-hydrogen) atoms. The maximum absolute atomic E-state index is 5.36. The molecule has 1 aromatic carbocycles. The van der Waals surface area contributed by atoms with Gasteiger partial charge in [0.05, 0.1) is 0 Å². The minimum absolute atomic E-state index is 0.339. The van der Waals surface area contributed by atoms with Gasteiger partial charge in [-0.05, 0) is 31.0 Å². The fourth-order valence-corrected chi connectivity index (χ4v) is 2.06. The topological polar surface area (TPSA) is 42.5 Å². The van der Waals surface area contributed by atoms with Crippen molar-refractivity contribution in [3.8, 4) is 11.5 Å². The second-order valence-corrected chi connectivity index (χ2v) is 4.09. The highest BCUT2D eigenvalue weighted by Crippen LogP contribution is 2.35. The fourth-order valence-electron chi connectivity index (χ4n) is 2.06. The molecule has 2 heterocycles. The molecule has 2 aliphatic rings. The molecule has 0 aromatic heterocycles. The number of benzene rings is 1. The van der Waals surface area contributed by atoms with Crippen molar-refractivity contribution in [3.05, 3.63) is 23.8 Å². The van der Waals surface area contributed by atoms with Crippen LogP contribution >= 0.6 is 0 Å². The van der Waals surface area contributed by atoms with Crippen LogP contribution in [0.25, 0.3) is 0 Å². The van der Waals surface area contributed by atoms with Crippen molar-refractivity contribution < 1.29 is 9.47 Å². The van der Waals surface area contributed by atoms with Crippen LogP contribution in [-0.2, 0) is 0 Å². The molecule has 0 spiro atoms. The summed E-state index contributed by atoms with van der Waals surface area (Å²) in [5, 5.41) is 0. The molecule has 2 aliphatic heterocycles. The molecule has 1 fully saturated rings. The molecular formula is C11H14N2O2. The first kappa shape index (κ1) is 9.00. The third-order valence-electron chi connectivity index (χ3n) is 2.89. The molecule has 0 saturated carbocycles. The van der Waals surface area contributed by atoms with Crippen LogP contribution in [0.3, 0.4) is 0 Å². The van der Waals surface area contributed by atoms with Gasteiger partial charge in [-0.2, -0.15) is 0 Å². The highest BCUT2D eigenvalue weighted by molar-refractivity contribution is 5.45. The molecular weight excluding hydrogens is 192 g/mol. The summed E-state index contributed by atoms with van der Waals surface area (Å²) in [4.78, 5) is 0. The maximum atomic E-state index is 5.36. The minimum atomic E-state index is 0.339. The molecule has 0 bridgehead atoms. The lowest BCUT2D eigenvalue weighted by atomic mass is 10.0. The maximum Gasteiger partial charge on any atom is 0.231 e. The molecule has 4 nitrogen and oxygen atoms in total. The monoisotopic (exact) mass is 206 g/mol. The van der Waals surface area contributed by atoms with Crippen LogP contribution in [0.2, 0.25) is 0 Å². The van der Waals surface area contributed by atoms with E-state index >= 15 is 0 Å². The zero-order valence-corrected chi connectivity index (χ0v) is 8.62. The van der Waals surface area contributed by atoms with Crippen LogP contribution in [0.15, 0.2) is 18.2 Å². The van der Waals surface area contributed by atoms with Crippen LogP contribution in [-0.4, -0.2) is 12.8 Å². The van der Waals surface area contributed by atoms with Crippen molar-refractivity contribution in [1.82, 2.24) is 10.9 Å². The Morgan fingerprint density at radius 3 is 2.87 bits per heavy atom. The number of hydrazine groups is 1. The van der Waals surface area contributed by atoms with E-state index in [4.69, 9.17) is 9.47 Å². The van der Waals surface area contributed by atoms with Gasteiger partial charge < -0.3 is 9.47 Å². The average molecular weight is 206 g/mol. The Morgan fingerprint density at radius 1 is 1.20 bits per heavy atom. The Labute approximate surface area is 88.5 Å². The van der Waals surface area contributed by atoms with Gasteiger partial charge in [-0.25, -0.2) is 0 Å². The van der Waals surface area contributed by atoms with Crippen molar-refractivity contribution in [3.63, 3.8) is 0 Å². The number of nitrogens with one attached hydrogen (secondary N) is 2. The largest absolute Gasteiger partial charge is 0.454 e. The van der Waals surface area contributed by atoms with E-state index in [1.54, 1.807) is 0 Å². The summed E-state index contributed by atoms with van der Waals surface area (Å²) < 4.78 is 10.6. The second kappa shape index (κ2) is 3.40. The molecule has 0 amide bonds. The smallest absolute Gasteiger partial charge is 0.231 e. The zero-order valence-electron chi connectivity index (χ0n) is 8.62. The fraction of sp³-hybridized carbons (Fsp3) is 0.455. The number of rotatable bonds is 1. The summed E-state index contributed by atoms with van der Waals surface area (Å²) in [6, 6.07) is 7.00. The summed E-state index contributed by atoms with van der Waals surface area (Å²) in [5.41, 5.74) is 7.73. The van der Waals surface area contributed by atoms with E-state index in [0.717, 1.165) is 17.9 Å². The molecule has 2 atom stereocenters. The van der Waals surface area contributed by atoms with Gasteiger partial charge in [0.15, 0.2) is 11.5 Å². The normalized spacial score (nSPS) is 28.3. The van der Waals surface area contributed by atoms with Crippen molar-refractivity contribution in [2.75, 3.05) is 6.79 Å². The zero-order chi connectivity index (χ0) is 10.3. The number of hydrogen-bond donors (Lipinski definition) is 2. The van der Waals surface area contributed by atoms with Crippen LogP contribution in [0, 0.1) is 0 Å². The molecule has 3 rings (SSSR count). The summed E-state index contributed by atoms with van der Waals surface area (Å²) >= 11 is 0. The lowest BCUT2D eigenvalue weighted by molar-refractivity contribution is 0.174. The summed E-state index contributed by atoms with van der Waals surface area (Å²) in [5.74, 6) is 1.70. The van der Waals surface area contributed by atoms with Gasteiger partial charge in [0, 0.05) is 12.1 Å². The van der Waals surface area contributed by atoms with Crippen LogP contribution in [0.1, 0.15) is 24.9 Å². The molecule has 1 saturated heterocycles. The lowest BCUT2D eigenvalue weighted by Crippen LogP contribution is -2.28. The van der Waals surface area contributed by atoms with Crippen molar-refractivity contribution in [2.45, 2.75) is 25.4 Å². The molecule has 80 valence electrons. The highest BCUT2D eigenvalue weighted by atomic mass is 16.7. The first-order valence-electron chi connectivity index (χ1n) is 5.23. The van der Waals surface area contributed by atoms with Crippen molar-refractivity contribution in [1.29, 1.82) is 0 Å². The van der Waals surface area contributed by atoms with E-state index in [9.17, 15) is 0 Å². The number of fused-ring (bicyclic) bond motifs is 1. The number of hydrogen-bond acceptors (Lipinski definition) is 4. The van der Waals surface area contributed by atoms with Crippen LogP contribution in [0.4, 0.5) is 0 Å². The van der Waals surface area contributed by atoms with E-state index in [0.29, 0.717) is 18.9 Å². The van der Waals surface area contributed by atoms with Gasteiger partial charge in [0.1, 0.15) is 0 Å². The molecule has 0 radical (unpaired) electrons. The summed E-state index contributed by atoms with van der Waals surface area (Å²) in [6.45, 7) is 2.51.